The van der Waals surface area contributed by atoms with Crippen molar-refractivity contribution in [2.45, 2.75) is 6.92 Å². The molecule has 3 heterocycles. The summed E-state index contributed by atoms with van der Waals surface area (Å²) in [5.41, 5.74) is 3.72. The quantitative estimate of drug-likeness (QED) is 0.483. The van der Waals surface area contributed by atoms with Gasteiger partial charge in [-0.25, -0.2) is 15.0 Å². The number of nitrogens with zero attached hydrogens (tertiary/aromatic N) is 4. The Balaban J connectivity index is 1.61. The number of thiazole rings is 1. The van der Waals surface area contributed by atoms with E-state index in [4.69, 9.17) is 16.6 Å². The van der Waals surface area contributed by atoms with E-state index in [0.29, 0.717) is 16.8 Å². The molecule has 0 aliphatic rings. The fraction of sp³-hybridized carbons (Fsp3) is 0.0526. The molecule has 0 aliphatic carbocycles. The number of anilines is 2. The van der Waals surface area contributed by atoms with Gasteiger partial charge in [0.1, 0.15) is 21.8 Å². The number of hydrogen-bond donors (Lipinski definition) is 1. The molecule has 4 aromatic rings. The average Bonchev–Trinajstić information content (AvgIpc) is 3.12. The van der Waals surface area contributed by atoms with Gasteiger partial charge in [0.2, 0.25) is 0 Å². The molecule has 7 heteroatoms. The molecule has 0 bridgehead atoms. The standard InChI is InChI=1S/C19H14ClN5S/c1-12-22-17(20)10-18(23-12)24-14-6-4-5-13(9-14)16-11-26-19(25-16)15-7-2-3-8-21-15/h2-11H,1H3,(H,22,23,24). The SMILES string of the molecule is Cc1nc(Cl)cc(Nc2cccc(-c3csc(-c4ccccn4)n3)c2)n1. The van der Waals surface area contributed by atoms with Gasteiger partial charge in [-0.1, -0.05) is 29.8 Å². The van der Waals surface area contributed by atoms with Crippen molar-refractivity contribution < 1.29 is 0 Å². The molecule has 0 amide bonds. The second kappa shape index (κ2) is 7.19. The second-order valence-electron chi connectivity index (χ2n) is 5.58. The van der Waals surface area contributed by atoms with E-state index in [9.17, 15) is 0 Å². The molecule has 3 aromatic heterocycles. The molecule has 4 rings (SSSR count). The Bertz CT molecular complexity index is 1030. The summed E-state index contributed by atoms with van der Waals surface area (Å²) in [5, 5.41) is 6.61. The van der Waals surface area contributed by atoms with Crippen LogP contribution in [0.1, 0.15) is 5.82 Å². The van der Waals surface area contributed by atoms with Gasteiger partial charge < -0.3 is 5.32 Å². The van der Waals surface area contributed by atoms with E-state index in [1.165, 1.54) is 0 Å². The molecule has 128 valence electrons. The van der Waals surface area contributed by atoms with Crippen LogP contribution in [0.15, 0.2) is 60.1 Å². The molecule has 0 fully saturated rings. The van der Waals surface area contributed by atoms with Crippen LogP contribution in [0, 0.1) is 6.92 Å². The van der Waals surface area contributed by atoms with Crippen molar-refractivity contribution in [3.05, 3.63) is 71.1 Å². The Kier molecular flexibility index (Phi) is 4.60. The van der Waals surface area contributed by atoms with Crippen LogP contribution >= 0.6 is 22.9 Å². The van der Waals surface area contributed by atoms with E-state index in [0.717, 1.165) is 27.6 Å². The van der Waals surface area contributed by atoms with Gasteiger partial charge in [0.25, 0.3) is 0 Å². The molecule has 0 saturated carbocycles. The highest BCUT2D eigenvalue weighted by molar-refractivity contribution is 7.13. The first-order valence-electron chi connectivity index (χ1n) is 7.93. The second-order valence-corrected chi connectivity index (χ2v) is 6.83. The minimum Gasteiger partial charge on any atom is -0.340 e. The van der Waals surface area contributed by atoms with Crippen molar-refractivity contribution in [3.63, 3.8) is 0 Å². The number of hydrogen-bond acceptors (Lipinski definition) is 6. The van der Waals surface area contributed by atoms with Crippen LogP contribution < -0.4 is 5.32 Å². The third-order valence-corrected chi connectivity index (χ3v) is 4.68. The number of pyridine rings is 1. The van der Waals surface area contributed by atoms with Gasteiger partial charge in [-0.05, 0) is 31.2 Å². The van der Waals surface area contributed by atoms with Crippen LogP contribution in [-0.4, -0.2) is 19.9 Å². The highest BCUT2D eigenvalue weighted by atomic mass is 35.5. The Morgan fingerprint density at radius 2 is 1.88 bits per heavy atom. The van der Waals surface area contributed by atoms with Crippen LogP contribution in [0.4, 0.5) is 11.5 Å². The van der Waals surface area contributed by atoms with E-state index in [1.807, 2.05) is 54.8 Å². The summed E-state index contributed by atoms with van der Waals surface area (Å²) in [6, 6.07) is 15.5. The first-order valence-corrected chi connectivity index (χ1v) is 9.19. The fourth-order valence-electron chi connectivity index (χ4n) is 2.51. The molecule has 0 atom stereocenters. The summed E-state index contributed by atoms with van der Waals surface area (Å²) in [7, 11) is 0. The lowest BCUT2D eigenvalue weighted by molar-refractivity contribution is 1.06. The van der Waals surface area contributed by atoms with Crippen LogP contribution in [0.5, 0.6) is 0 Å². The Morgan fingerprint density at radius 1 is 0.962 bits per heavy atom. The lowest BCUT2D eigenvalue weighted by atomic mass is 10.1. The van der Waals surface area contributed by atoms with E-state index in [2.05, 4.69) is 20.3 Å². The minimum atomic E-state index is 0.413. The summed E-state index contributed by atoms with van der Waals surface area (Å²) in [6.45, 7) is 1.81. The molecular formula is C19H14ClN5S. The third-order valence-electron chi connectivity index (χ3n) is 3.63. The first-order chi connectivity index (χ1) is 12.7. The maximum absolute atomic E-state index is 6.00. The minimum absolute atomic E-state index is 0.413. The zero-order valence-electron chi connectivity index (χ0n) is 13.8. The number of aromatic nitrogens is 4. The number of benzene rings is 1. The summed E-state index contributed by atoms with van der Waals surface area (Å²) >= 11 is 7.58. The van der Waals surface area contributed by atoms with Crippen LogP contribution in [-0.2, 0) is 0 Å². The third kappa shape index (κ3) is 3.71. The number of nitrogens with one attached hydrogen (secondary N) is 1. The molecule has 0 aliphatic heterocycles. The van der Waals surface area contributed by atoms with Crippen molar-refractivity contribution >= 4 is 34.4 Å². The predicted molar refractivity (Wildman–Crippen MR) is 106 cm³/mol. The predicted octanol–water partition coefficient (Wildman–Crippen LogP) is 5.37. The normalized spacial score (nSPS) is 10.7. The van der Waals surface area contributed by atoms with Gasteiger partial charge in [0.15, 0.2) is 0 Å². The molecule has 5 nitrogen and oxygen atoms in total. The summed E-state index contributed by atoms with van der Waals surface area (Å²) in [5.74, 6) is 1.28. The molecule has 1 aromatic carbocycles. The van der Waals surface area contributed by atoms with Crippen molar-refractivity contribution in [1.82, 2.24) is 19.9 Å². The lowest BCUT2D eigenvalue weighted by Crippen LogP contribution is -1.97. The number of rotatable bonds is 4. The average molecular weight is 380 g/mol. The fourth-order valence-corrected chi connectivity index (χ4v) is 3.54. The molecule has 1 N–H and O–H groups in total. The van der Waals surface area contributed by atoms with Gasteiger partial charge in [0, 0.05) is 28.9 Å². The van der Waals surface area contributed by atoms with Crippen molar-refractivity contribution in [1.29, 1.82) is 0 Å². The zero-order valence-corrected chi connectivity index (χ0v) is 15.4. The maximum Gasteiger partial charge on any atom is 0.142 e. The molecule has 0 saturated heterocycles. The highest BCUT2D eigenvalue weighted by Gasteiger charge is 2.08. The van der Waals surface area contributed by atoms with E-state index < -0.39 is 0 Å². The van der Waals surface area contributed by atoms with Gasteiger partial charge >= 0.3 is 0 Å². The van der Waals surface area contributed by atoms with Gasteiger partial charge in [-0.3, -0.25) is 4.98 Å². The summed E-state index contributed by atoms with van der Waals surface area (Å²) in [6.07, 6.45) is 1.77. The Morgan fingerprint density at radius 3 is 2.69 bits per heavy atom. The summed E-state index contributed by atoms with van der Waals surface area (Å²) < 4.78 is 0. The van der Waals surface area contributed by atoms with E-state index in [1.54, 1.807) is 23.6 Å². The Labute approximate surface area is 159 Å². The first kappa shape index (κ1) is 16.6. The summed E-state index contributed by atoms with van der Waals surface area (Å²) in [4.78, 5) is 17.5. The molecule has 26 heavy (non-hydrogen) atoms. The van der Waals surface area contributed by atoms with Gasteiger partial charge in [-0.15, -0.1) is 11.3 Å². The van der Waals surface area contributed by atoms with Crippen LogP contribution in [0.25, 0.3) is 22.0 Å². The number of halogens is 1. The maximum atomic E-state index is 6.00. The number of aryl methyl sites for hydroxylation is 1. The van der Waals surface area contributed by atoms with E-state index >= 15 is 0 Å². The Hall–Kier alpha value is -2.83. The molecule has 0 radical (unpaired) electrons. The van der Waals surface area contributed by atoms with E-state index in [-0.39, 0.29) is 0 Å². The lowest BCUT2D eigenvalue weighted by Gasteiger charge is -2.08. The smallest absolute Gasteiger partial charge is 0.142 e. The van der Waals surface area contributed by atoms with Gasteiger partial charge in [-0.2, -0.15) is 0 Å². The zero-order chi connectivity index (χ0) is 17.9. The monoisotopic (exact) mass is 379 g/mol. The highest BCUT2D eigenvalue weighted by Crippen LogP contribution is 2.29. The van der Waals surface area contributed by atoms with Gasteiger partial charge in [0.05, 0.1) is 11.4 Å². The van der Waals surface area contributed by atoms with Crippen LogP contribution in [0.3, 0.4) is 0 Å². The molecular weight excluding hydrogens is 366 g/mol. The van der Waals surface area contributed by atoms with Crippen molar-refractivity contribution in [3.8, 4) is 22.0 Å². The topological polar surface area (TPSA) is 63.6 Å². The van der Waals surface area contributed by atoms with Crippen molar-refractivity contribution in [2.24, 2.45) is 0 Å². The van der Waals surface area contributed by atoms with Crippen molar-refractivity contribution in [2.75, 3.05) is 5.32 Å². The molecule has 0 unspecified atom stereocenters. The molecule has 0 spiro atoms. The van der Waals surface area contributed by atoms with Crippen LogP contribution in [0.2, 0.25) is 5.15 Å². The largest absolute Gasteiger partial charge is 0.340 e.